The third-order valence-electron chi connectivity index (χ3n) is 4.63. The van der Waals surface area contributed by atoms with Crippen LogP contribution in [0.4, 0.5) is 11.6 Å². The van der Waals surface area contributed by atoms with Crippen molar-refractivity contribution in [1.82, 2.24) is 20.2 Å². The van der Waals surface area contributed by atoms with Gasteiger partial charge in [-0.15, -0.1) is 0 Å². The van der Waals surface area contributed by atoms with Gasteiger partial charge < -0.3 is 14.5 Å². The van der Waals surface area contributed by atoms with E-state index < -0.39 is 0 Å². The molecule has 1 aromatic carbocycles. The lowest BCUT2D eigenvalue weighted by Crippen LogP contribution is -2.47. The number of para-hydroxylation sites is 2. The highest BCUT2D eigenvalue weighted by atomic mass is 16.5. The maximum atomic E-state index is 5.48. The lowest BCUT2D eigenvalue weighted by atomic mass is 10.2. The van der Waals surface area contributed by atoms with Gasteiger partial charge in [-0.25, -0.2) is 4.68 Å². The average Bonchev–Trinajstić information content (AvgIpc) is 3.30. The number of tetrazole rings is 1. The first-order chi connectivity index (χ1) is 11.3. The van der Waals surface area contributed by atoms with E-state index in [4.69, 9.17) is 4.74 Å². The van der Waals surface area contributed by atoms with Crippen molar-refractivity contribution in [3.05, 3.63) is 24.3 Å². The fourth-order valence-electron chi connectivity index (χ4n) is 3.13. The van der Waals surface area contributed by atoms with E-state index >= 15 is 0 Å². The number of hydrogen-bond acceptors (Lipinski definition) is 6. The number of benzene rings is 1. The van der Waals surface area contributed by atoms with E-state index in [1.165, 1.54) is 12.8 Å². The third-order valence-corrected chi connectivity index (χ3v) is 4.63. The molecule has 2 aromatic rings. The predicted octanol–water partition coefficient (Wildman–Crippen LogP) is 1.42. The summed E-state index contributed by atoms with van der Waals surface area (Å²) in [5.41, 5.74) is 1.16. The van der Waals surface area contributed by atoms with Crippen LogP contribution in [0.1, 0.15) is 12.8 Å². The number of piperazine rings is 1. The standard InChI is InChI=1S/C16H22N6O/c1-23-15-5-3-2-4-14(15)20-8-10-21(11-9-20)16-17-18-19-22(16)12-13-6-7-13/h2-5,13H,6-12H2,1H3. The molecule has 1 aliphatic heterocycles. The molecule has 1 saturated heterocycles. The molecule has 0 radical (unpaired) electrons. The zero-order valence-electron chi connectivity index (χ0n) is 13.4. The zero-order chi connectivity index (χ0) is 15.6. The molecule has 2 heterocycles. The number of ether oxygens (including phenoxy) is 1. The Balaban J connectivity index is 1.44. The Hall–Kier alpha value is -2.31. The molecule has 0 bridgehead atoms. The second-order valence-electron chi connectivity index (χ2n) is 6.25. The molecule has 7 heteroatoms. The summed E-state index contributed by atoms with van der Waals surface area (Å²) >= 11 is 0. The number of aromatic nitrogens is 4. The van der Waals surface area contributed by atoms with E-state index in [9.17, 15) is 0 Å². The lowest BCUT2D eigenvalue weighted by molar-refractivity contribution is 0.413. The van der Waals surface area contributed by atoms with Gasteiger partial charge >= 0.3 is 0 Å². The van der Waals surface area contributed by atoms with Crippen LogP contribution in [-0.4, -0.2) is 53.5 Å². The van der Waals surface area contributed by atoms with Crippen molar-refractivity contribution < 1.29 is 4.74 Å². The maximum Gasteiger partial charge on any atom is 0.245 e. The van der Waals surface area contributed by atoms with Crippen molar-refractivity contribution in [3.63, 3.8) is 0 Å². The van der Waals surface area contributed by atoms with Crippen molar-refractivity contribution in [3.8, 4) is 5.75 Å². The summed E-state index contributed by atoms with van der Waals surface area (Å²) < 4.78 is 7.44. The topological polar surface area (TPSA) is 59.3 Å². The van der Waals surface area contributed by atoms with Crippen molar-refractivity contribution in [2.45, 2.75) is 19.4 Å². The fraction of sp³-hybridized carbons (Fsp3) is 0.562. The minimum atomic E-state index is 0.770. The largest absolute Gasteiger partial charge is 0.495 e. The molecular weight excluding hydrogens is 292 g/mol. The van der Waals surface area contributed by atoms with E-state index in [0.29, 0.717) is 0 Å². The molecule has 2 aliphatic rings. The van der Waals surface area contributed by atoms with Gasteiger partial charge in [0, 0.05) is 32.7 Å². The quantitative estimate of drug-likeness (QED) is 0.832. The second-order valence-corrected chi connectivity index (χ2v) is 6.25. The highest BCUT2D eigenvalue weighted by Gasteiger charge is 2.27. The van der Waals surface area contributed by atoms with E-state index in [2.05, 4.69) is 37.5 Å². The Bertz CT molecular complexity index is 660. The molecule has 1 aliphatic carbocycles. The van der Waals surface area contributed by atoms with Crippen LogP contribution in [0.5, 0.6) is 5.75 Å². The summed E-state index contributed by atoms with van der Waals surface area (Å²) in [4.78, 5) is 4.65. The Morgan fingerprint density at radius 1 is 1.09 bits per heavy atom. The van der Waals surface area contributed by atoms with Crippen LogP contribution in [-0.2, 0) is 6.54 Å². The molecule has 2 fully saturated rings. The summed E-state index contributed by atoms with van der Waals surface area (Å²) in [6.07, 6.45) is 2.61. The van der Waals surface area contributed by atoms with E-state index in [0.717, 1.165) is 56.0 Å². The molecule has 0 spiro atoms. The molecule has 1 aromatic heterocycles. The van der Waals surface area contributed by atoms with Crippen LogP contribution in [0.25, 0.3) is 0 Å². The molecule has 7 nitrogen and oxygen atoms in total. The summed E-state index contributed by atoms with van der Waals surface area (Å²) in [5.74, 6) is 2.61. The summed E-state index contributed by atoms with van der Waals surface area (Å²) in [6.45, 7) is 4.68. The minimum Gasteiger partial charge on any atom is -0.495 e. The van der Waals surface area contributed by atoms with Gasteiger partial charge in [0.15, 0.2) is 0 Å². The predicted molar refractivity (Wildman–Crippen MR) is 88.0 cm³/mol. The highest BCUT2D eigenvalue weighted by molar-refractivity contribution is 5.59. The first kappa shape index (κ1) is 14.3. The SMILES string of the molecule is COc1ccccc1N1CCN(c2nnnn2CC2CC2)CC1. The van der Waals surface area contributed by atoms with Gasteiger partial charge in [0.2, 0.25) is 5.95 Å². The van der Waals surface area contributed by atoms with Crippen LogP contribution in [0.3, 0.4) is 0 Å². The first-order valence-corrected chi connectivity index (χ1v) is 8.24. The number of rotatable bonds is 5. The highest BCUT2D eigenvalue weighted by Crippen LogP contribution is 2.32. The maximum absolute atomic E-state index is 5.48. The summed E-state index contributed by atoms with van der Waals surface area (Å²) in [5, 5.41) is 12.3. The molecule has 0 unspecified atom stereocenters. The number of anilines is 2. The number of methoxy groups -OCH3 is 1. The van der Waals surface area contributed by atoms with Gasteiger partial charge in [-0.1, -0.05) is 17.2 Å². The van der Waals surface area contributed by atoms with E-state index in [1.54, 1.807) is 7.11 Å². The third kappa shape index (κ3) is 2.95. The number of nitrogens with zero attached hydrogens (tertiary/aromatic N) is 6. The van der Waals surface area contributed by atoms with Crippen LogP contribution in [0.2, 0.25) is 0 Å². The normalized spacial score (nSPS) is 18.3. The minimum absolute atomic E-state index is 0.770. The second kappa shape index (κ2) is 6.06. The molecule has 0 amide bonds. The smallest absolute Gasteiger partial charge is 0.245 e. The molecular formula is C16H22N6O. The van der Waals surface area contributed by atoms with Crippen LogP contribution < -0.4 is 14.5 Å². The fourth-order valence-corrected chi connectivity index (χ4v) is 3.13. The summed E-state index contributed by atoms with van der Waals surface area (Å²) in [7, 11) is 1.72. The Morgan fingerprint density at radius 3 is 2.57 bits per heavy atom. The zero-order valence-corrected chi connectivity index (χ0v) is 13.4. The van der Waals surface area contributed by atoms with Crippen molar-refractivity contribution in [1.29, 1.82) is 0 Å². The van der Waals surface area contributed by atoms with Gasteiger partial charge in [-0.3, -0.25) is 0 Å². The molecule has 4 rings (SSSR count). The molecule has 1 saturated carbocycles. The van der Waals surface area contributed by atoms with Gasteiger partial charge in [0.25, 0.3) is 0 Å². The van der Waals surface area contributed by atoms with Crippen LogP contribution in [0, 0.1) is 5.92 Å². The number of hydrogen-bond donors (Lipinski definition) is 0. The molecule has 0 atom stereocenters. The van der Waals surface area contributed by atoms with E-state index in [-0.39, 0.29) is 0 Å². The van der Waals surface area contributed by atoms with Gasteiger partial charge in [0.1, 0.15) is 5.75 Å². The Morgan fingerprint density at radius 2 is 1.83 bits per heavy atom. The van der Waals surface area contributed by atoms with Crippen molar-refractivity contribution in [2.75, 3.05) is 43.1 Å². The Labute approximate surface area is 135 Å². The van der Waals surface area contributed by atoms with Crippen molar-refractivity contribution >= 4 is 11.6 Å². The van der Waals surface area contributed by atoms with Crippen molar-refractivity contribution in [2.24, 2.45) is 5.92 Å². The first-order valence-electron chi connectivity index (χ1n) is 8.24. The van der Waals surface area contributed by atoms with E-state index in [1.807, 2.05) is 16.8 Å². The van der Waals surface area contributed by atoms with Gasteiger partial charge in [-0.05, 0) is 41.3 Å². The van der Waals surface area contributed by atoms with Gasteiger partial charge in [0.05, 0.1) is 12.8 Å². The monoisotopic (exact) mass is 314 g/mol. The molecule has 0 N–H and O–H groups in total. The average molecular weight is 314 g/mol. The van der Waals surface area contributed by atoms with Crippen LogP contribution >= 0.6 is 0 Å². The summed E-state index contributed by atoms with van der Waals surface area (Å²) in [6, 6.07) is 8.19. The van der Waals surface area contributed by atoms with Crippen LogP contribution in [0.15, 0.2) is 24.3 Å². The molecule has 23 heavy (non-hydrogen) atoms. The molecule has 122 valence electrons. The Kier molecular flexibility index (Phi) is 3.77. The van der Waals surface area contributed by atoms with Gasteiger partial charge in [-0.2, -0.15) is 0 Å². The lowest BCUT2D eigenvalue weighted by Gasteiger charge is -2.36.